The van der Waals surface area contributed by atoms with Crippen LogP contribution in [-0.2, 0) is 19.6 Å². The number of esters is 1. The summed E-state index contributed by atoms with van der Waals surface area (Å²) in [7, 11) is -3.43. The quantitative estimate of drug-likeness (QED) is 0.765. The molecule has 1 atom stereocenters. The summed E-state index contributed by atoms with van der Waals surface area (Å²) in [6.45, 7) is 2.36. The highest BCUT2D eigenvalue weighted by molar-refractivity contribution is 7.92. The number of hydrogen-bond acceptors (Lipinski definition) is 5. The highest BCUT2D eigenvalue weighted by Crippen LogP contribution is 2.18. The zero-order valence-electron chi connectivity index (χ0n) is 12.8. The molecule has 0 amide bonds. The molecule has 1 unspecified atom stereocenters. The average Bonchev–Trinajstić information content (AvgIpc) is 3.00. The number of ether oxygens (including phenoxy) is 1. The first-order valence-corrected chi connectivity index (χ1v) is 9.20. The first-order chi connectivity index (χ1) is 11.1. The molecular weight excluding hydrogens is 316 g/mol. The summed E-state index contributed by atoms with van der Waals surface area (Å²) >= 11 is 0. The molecule has 1 aromatic carbocycles. The molecule has 3 rings (SSSR count). The Balaban J connectivity index is 1.60. The third kappa shape index (κ3) is 3.80. The molecule has 23 heavy (non-hydrogen) atoms. The van der Waals surface area contributed by atoms with Gasteiger partial charge in [0.1, 0.15) is 6.04 Å². The molecule has 0 aromatic heterocycles. The lowest BCUT2D eigenvalue weighted by Gasteiger charge is -2.35. The molecule has 1 aromatic rings. The second-order valence-electron chi connectivity index (χ2n) is 5.67. The van der Waals surface area contributed by atoms with Crippen molar-refractivity contribution in [3.8, 4) is 0 Å². The van der Waals surface area contributed by atoms with Gasteiger partial charge in [-0.15, -0.1) is 0 Å². The van der Waals surface area contributed by atoms with Gasteiger partial charge in [-0.25, -0.2) is 8.42 Å². The highest BCUT2D eigenvalue weighted by atomic mass is 32.2. The Morgan fingerprint density at radius 1 is 1.09 bits per heavy atom. The van der Waals surface area contributed by atoms with Crippen LogP contribution in [0.3, 0.4) is 0 Å². The van der Waals surface area contributed by atoms with Crippen LogP contribution in [0.5, 0.6) is 0 Å². The lowest BCUT2D eigenvalue weighted by molar-refractivity contribution is -0.142. The molecule has 0 spiro atoms. The van der Waals surface area contributed by atoms with Crippen molar-refractivity contribution >= 4 is 22.1 Å². The fourth-order valence-corrected chi connectivity index (χ4v) is 4.07. The molecule has 0 N–H and O–H groups in total. The summed E-state index contributed by atoms with van der Waals surface area (Å²) < 4.78 is 31.2. The Hall–Kier alpha value is -1.70. The fourth-order valence-electron chi connectivity index (χ4n) is 2.90. The predicted octanol–water partition coefficient (Wildman–Crippen LogP) is 0.920. The summed E-state index contributed by atoms with van der Waals surface area (Å²) in [5, 5.41) is 1.25. The van der Waals surface area contributed by atoms with Crippen molar-refractivity contribution in [2.45, 2.75) is 12.5 Å². The van der Waals surface area contributed by atoms with Gasteiger partial charge in [0.2, 0.25) is 10.0 Å². The summed E-state index contributed by atoms with van der Waals surface area (Å²) in [6.07, 6.45) is 2.30. The van der Waals surface area contributed by atoms with Crippen molar-refractivity contribution < 1.29 is 17.9 Å². The van der Waals surface area contributed by atoms with E-state index in [-0.39, 0.29) is 12.0 Å². The van der Waals surface area contributed by atoms with Gasteiger partial charge in [0.15, 0.2) is 0 Å². The van der Waals surface area contributed by atoms with E-state index >= 15 is 0 Å². The summed E-state index contributed by atoms with van der Waals surface area (Å²) in [6, 6.07) is 9.13. The van der Waals surface area contributed by atoms with Gasteiger partial charge in [-0.1, -0.05) is 30.3 Å². The van der Waals surface area contributed by atoms with Gasteiger partial charge in [0.25, 0.3) is 0 Å². The number of piperazine rings is 1. The molecule has 0 aliphatic carbocycles. The van der Waals surface area contributed by atoms with Crippen LogP contribution in [-0.4, -0.2) is 62.4 Å². The summed E-state index contributed by atoms with van der Waals surface area (Å²) in [5.41, 5.74) is 0.850. The predicted molar refractivity (Wildman–Crippen MR) is 86.9 cm³/mol. The Morgan fingerprint density at radius 2 is 1.78 bits per heavy atom. The number of carbonyl (C=O) groups excluding carboxylic acids is 1. The lowest BCUT2D eigenvalue weighted by Crippen LogP contribution is -2.52. The van der Waals surface area contributed by atoms with Gasteiger partial charge < -0.3 is 4.74 Å². The minimum absolute atomic E-state index is 0.190. The van der Waals surface area contributed by atoms with Crippen LogP contribution in [0.2, 0.25) is 0 Å². The van der Waals surface area contributed by atoms with Crippen LogP contribution in [0.4, 0.5) is 0 Å². The maximum atomic E-state index is 12.4. The molecule has 2 aliphatic heterocycles. The third-order valence-electron chi connectivity index (χ3n) is 4.21. The van der Waals surface area contributed by atoms with Gasteiger partial charge in [-0.05, 0) is 11.6 Å². The number of nitrogens with zero attached hydrogens (tertiary/aromatic N) is 2. The van der Waals surface area contributed by atoms with E-state index in [1.807, 2.05) is 35.2 Å². The zero-order chi connectivity index (χ0) is 16.3. The minimum atomic E-state index is -3.43. The fraction of sp³-hybridized carbons (Fsp3) is 0.438. The second-order valence-corrected chi connectivity index (χ2v) is 7.48. The number of hydrogen-bond donors (Lipinski definition) is 0. The van der Waals surface area contributed by atoms with E-state index in [0.29, 0.717) is 39.2 Å². The van der Waals surface area contributed by atoms with Crippen molar-refractivity contribution in [1.29, 1.82) is 0 Å². The molecule has 0 saturated carbocycles. The van der Waals surface area contributed by atoms with Gasteiger partial charge in [0, 0.05) is 38.0 Å². The van der Waals surface area contributed by atoms with E-state index in [2.05, 4.69) is 0 Å². The average molecular weight is 336 g/mol. The standard InChI is InChI=1S/C16H20N2O4S/c19-16-15(6-12-22-16)17-8-10-18(11-9-17)23(20,21)13-7-14-4-2-1-3-5-14/h1-5,7,13,15H,6,8-12H2. The van der Waals surface area contributed by atoms with Gasteiger partial charge in [0.05, 0.1) is 6.61 Å². The van der Waals surface area contributed by atoms with Crippen LogP contribution in [0.25, 0.3) is 6.08 Å². The van der Waals surface area contributed by atoms with Crippen LogP contribution in [0.15, 0.2) is 35.7 Å². The molecule has 7 heteroatoms. The molecule has 0 radical (unpaired) electrons. The summed E-state index contributed by atoms with van der Waals surface area (Å²) in [4.78, 5) is 13.6. The third-order valence-corrected chi connectivity index (χ3v) is 5.78. The molecule has 2 saturated heterocycles. The van der Waals surface area contributed by atoms with Crippen molar-refractivity contribution in [1.82, 2.24) is 9.21 Å². The maximum absolute atomic E-state index is 12.4. The number of rotatable bonds is 4. The second kappa shape index (κ2) is 6.82. The van der Waals surface area contributed by atoms with Crippen molar-refractivity contribution in [3.05, 3.63) is 41.3 Å². The molecule has 2 heterocycles. The zero-order valence-corrected chi connectivity index (χ0v) is 13.6. The smallest absolute Gasteiger partial charge is 0.323 e. The van der Waals surface area contributed by atoms with Crippen LogP contribution in [0.1, 0.15) is 12.0 Å². The van der Waals surface area contributed by atoms with E-state index in [1.54, 1.807) is 6.08 Å². The largest absolute Gasteiger partial charge is 0.464 e. The van der Waals surface area contributed by atoms with E-state index in [9.17, 15) is 13.2 Å². The number of benzene rings is 1. The van der Waals surface area contributed by atoms with Crippen LogP contribution < -0.4 is 0 Å². The Morgan fingerprint density at radius 3 is 2.39 bits per heavy atom. The van der Waals surface area contributed by atoms with Gasteiger partial charge in [-0.3, -0.25) is 9.69 Å². The lowest BCUT2D eigenvalue weighted by atomic mass is 10.2. The van der Waals surface area contributed by atoms with Gasteiger partial charge in [-0.2, -0.15) is 4.31 Å². The molecule has 2 fully saturated rings. The van der Waals surface area contributed by atoms with Crippen molar-refractivity contribution in [2.24, 2.45) is 0 Å². The SMILES string of the molecule is O=C1OCCC1N1CCN(S(=O)(=O)C=Cc2ccccc2)CC1. The number of sulfonamides is 1. The topological polar surface area (TPSA) is 66.9 Å². The summed E-state index contributed by atoms with van der Waals surface area (Å²) in [5.74, 6) is -0.190. The van der Waals surface area contributed by atoms with Crippen molar-refractivity contribution in [2.75, 3.05) is 32.8 Å². The van der Waals surface area contributed by atoms with E-state index < -0.39 is 10.0 Å². The molecule has 6 nitrogen and oxygen atoms in total. The first-order valence-electron chi connectivity index (χ1n) is 7.70. The highest BCUT2D eigenvalue weighted by Gasteiger charge is 2.35. The minimum Gasteiger partial charge on any atom is -0.464 e. The van der Waals surface area contributed by atoms with Crippen molar-refractivity contribution in [3.63, 3.8) is 0 Å². The monoisotopic (exact) mass is 336 g/mol. The Kier molecular flexibility index (Phi) is 4.79. The first kappa shape index (κ1) is 16.2. The molecule has 0 bridgehead atoms. The Bertz CT molecular complexity index is 679. The normalized spacial score (nSPS) is 24.2. The van der Waals surface area contributed by atoms with E-state index in [0.717, 1.165) is 5.56 Å². The van der Waals surface area contributed by atoms with Gasteiger partial charge >= 0.3 is 5.97 Å². The van der Waals surface area contributed by atoms with Crippen LogP contribution >= 0.6 is 0 Å². The molecule has 2 aliphatic rings. The Labute approximate surface area is 136 Å². The van der Waals surface area contributed by atoms with E-state index in [4.69, 9.17) is 4.74 Å². The van der Waals surface area contributed by atoms with E-state index in [1.165, 1.54) is 9.71 Å². The molecular formula is C16H20N2O4S. The van der Waals surface area contributed by atoms with Crippen LogP contribution in [0, 0.1) is 0 Å². The molecule has 124 valence electrons. The number of cyclic esters (lactones) is 1. The number of carbonyl (C=O) groups is 1. The maximum Gasteiger partial charge on any atom is 0.323 e.